The van der Waals surface area contributed by atoms with Crippen LogP contribution in [0.3, 0.4) is 0 Å². The number of aliphatic hydroxyl groups excluding tert-OH is 1. The highest BCUT2D eigenvalue weighted by Gasteiger charge is 2.24. The summed E-state index contributed by atoms with van der Waals surface area (Å²) >= 11 is 0. The molecule has 0 aromatic heterocycles. The molecule has 0 bridgehead atoms. The van der Waals surface area contributed by atoms with Crippen LogP contribution >= 0.6 is 0 Å². The lowest BCUT2D eigenvalue weighted by Gasteiger charge is -2.20. The lowest BCUT2D eigenvalue weighted by atomic mass is 10.1. The number of amides is 1. The number of nitrogens with zero attached hydrogens (tertiary/aromatic N) is 1. The molecule has 1 unspecified atom stereocenters. The summed E-state index contributed by atoms with van der Waals surface area (Å²) in [5.74, 6) is -0.291. The van der Waals surface area contributed by atoms with E-state index in [0.29, 0.717) is 11.3 Å². The van der Waals surface area contributed by atoms with Crippen molar-refractivity contribution >= 4 is 17.4 Å². The Morgan fingerprint density at radius 1 is 1.31 bits per heavy atom. The van der Waals surface area contributed by atoms with Gasteiger partial charge < -0.3 is 5.11 Å². The molecule has 2 rings (SSSR count). The van der Waals surface area contributed by atoms with Gasteiger partial charge in [-0.15, -0.1) is 0 Å². The van der Waals surface area contributed by atoms with Crippen LogP contribution in [0.25, 0.3) is 0 Å². The van der Waals surface area contributed by atoms with Crippen molar-refractivity contribution in [2.24, 2.45) is 0 Å². The minimum Gasteiger partial charge on any atom is -0.369 e. The van der Waals surface area contributed by atoms with Gasteiger partial charge in [0.25, 0.3) is 5.91 Å². The minimum absolute atomic E-state index is 0.0297. The van der Waals surface area contributed by atoms with E-state index >= 15 is 0 Å². The van der Waals surface area contributed by atoms with Crippen LogP contribution in [-0.2, 0) is 4.79 Å². The molecule has 82 valence electrons. The first-order valence-corrected chi connectivity index (χ1v) is 4.90. The highest BCUT2D eigenvalue weighted by molar-refractivity contribution is 6.04. The molecule has 1 atom stereocenters. The second-order valence-corrected chi connectivity index (χ2v) is 3.58. The second kappa shape index (κ2) is 3.90. The van der Waals surface area contributed by atoms with Crippen molar-refractivity contribution < 1.29 is 14.7 Å². The predicted molar refractivity (Wildman–Crippen MR) is 59.1 cm³/mol. The maximum atomic E-state index is 11.4. The Balaban J connectivity index is 2.29. The van der Waals surface area contributed by atoms with Gasteiger partial charge in [-0.1, -0.05) is 0 Å². The predicted octanol–water partition coefficient (Wildman–Crippen LogP) is 1.11. The summed E-state index contributed by atoms with van der Waals surface area (Å²) in [4.78, 5) is 23.7. The number of anilines is 1. The van der Waals surface area contributed by atoms with Gasteiger partial charge >= 0.3 is 0 Å². The van der Waals surface area contributed by atoms with E-state index in [9.17, 15) is 14.7 Å². The van der Waals surface area contributed by atoms with E-state index in [1.807, 2.05) is 0 Å². The Bertz CT molecular complexity index is 462. The monoisotopic (exact) mass is 217 g/mol. The summed E-state index contributed by atoms with van der Waals surface area (Å²) in [6.45, 7) is 1.48. The largest absolute Gasteiger partial charge is 0.369 e. The van der Waals surface area contributed by atoms with Crippen LogP contribution in [0.4, 0.5) is 5.69 Å². The maximum Gasteiger partial charge on any atom is 0.253 e. The molecular formula is C12H11NO3. The fraction of sp³-hybridized carbons (Fsp3) is 0.167. The van der Waals surface area contributed by atoms with Gasteiger partial charge in [0.2, 0.25) is 0 Å². The number of rotatable bonds is 2. The minimum atomic E-state index is -0.921. The molecule has 0 saturated heterocycles. The van der Waals surface area contributed by atoms with Crippen LogP contribution < -0.4 is 4.90 Å². The van der Waals surface area contributed by atoms with Crippen LogP contribution in [0.5, 0.6) is 0 Å². The second-order valence-electron chi connectivity index (χ2n) is 3.58. The van der Waals surface area contributed by atoms with Crippen molar-refractivity contribution in [1.29, 1.82) is 0 Å². The van der Waals surface area contributed by atoms with Gasteiger partial charge in [-0.25, -0.2) is 0 Å². The van der Waals surface area contributed by atoms with Crippen LogP contribution in [-0.4, -0.2) is 23.0 Å². The Hall–Kier alpha value is -1.94. The van der Waals surface area contributed by atoms with E-state index < -0.39 is 6.23 Å². The molecule has 1 aliphatic rings. The van der Waals surface area contributed by atoms with Crippen LogP contribution in [0.1, 0.15) is 17.3 Å². The Morgan fingerprint density at radius 3 is 2.38 bits per heavy atom. The third kappa shape index (κ3) is 1.75. The van der Waals surface area contributed by atoms with Crippen LogP contribution in [0.15, 0.2) is 36.4 Å². The van der Waals surface area contributed by atoms with Gasteiger partial charge in [0, 0.05) is 17.3 Å². The molecule has 1 aromatic carbocycles. The quantitative estimate of drug-likeness (QED) is 0.755. The maximum absolute atomic E-state index is 11.4. The molecule has 1 aliphatic heterocycles. The zero-order valence-electron chi connectivity index (χ0n) is 8.75. The fourth-order valence-corrected chi connectivity index (χ4v) is 1.60. The lowest BCUT2D eigenvalue weighted by molar-refractivity contribution is -0.114. The van der Waals surface area contributed by atoms with Gasteiger partial charge in [-0.05, 0) is 37.3 Å². The van der Waals surface area contributed by atoms with Crippen molar-refractivity contribution in [3.05, 3.63) is 42.0 Å². The van der Waals surface area contributed by atoms with E-state index in [4.69, 9.17) is 0 Å². The molecule has 4 nitrogen and oxygen atoms in total. The average Bonchev–Trinajstić information content (AvgIpc) is 2.59. The zero-order valence-corrected chi connectivity index (χ0v) is 8.75. The Kier molecular flexibility index (Phi) is 2.58. The summed E-state index contributed by atoms with van der Waals surface area (Å²) in [7, 11) is 0. The van der Waals surface area contributed by atoms with E-state index in [2.05, 4.69) is 0 Å². The third-order valence-electron chi connectivity index (χ3n) is 2.46. The first-order valence-electron chi connectivity index (χ1n) is 4.90. The standard InChI is InChI=1S/C12H11NO3/c1-8(14)9-2-4-10(5-3-9)13-11(15)6-7-12(13)16/h2-7,11,15H,1H3. The molecule has 0 aliphatic carbocycles. The number of benzene rings is 1. The first kappa shape index (κ1) is 10.6. The first-order chi connectivity index (χ1) is 7.59. The average molecular weight is 217 g/mol. The summed E-state index contributed by atoms with van der Waals surface area (Å²) in [6, 6.07) is 6.56. The molecule has 1 N–H and O–H groups in total. The molecule has 1 heterocycles. The molecule has 0 fully saturated rings. The number of carbonyl (C=O) groups is 2. The van der Waals surface area contributed by atoms with Crippen LogP contribution in [0.2, 0.25) is 0 Å². The number of carbonyl (C=O) groups excluding carboxylic acids is 2. The van der Waals surface area contributed by atoms with E-state index in [1.165, 1.54) is 24.0 Å². The number of Topliss-reactive ketones (excluding diaryl/α,β-unsaturated/α-hetero) is 1. The Morgan fingerprint density at radius 2 is 1.94 bits per heavy atom. The summed E-state index contributed by atoms with van der Waals surface area (Å²) in [6.07, 6.45) is 1.82. The fourth-order valence-electron chi connectivity index (χ4n) is 1.60. The molecule has 1 aromatic rings. The highest BCUT2D eigenvalue weighted by atomic mass is 16.3. The molecule has 4 heteroatoms. The van der Waals surface area contributed by atoms with Crippen molar-refractivity contribution in [3.8, 4) is 0 Å². The summed E-state index contributed by atoms with van der Waals surface area (Å²) in [5.41, 5.74) is 1.16. The highest BCUT2D eigenvalue weighted by Crippen LogP contribution is 2.21. The summed E-state index contributed by atoms with van der Waals surface area (Å²) < 4.78 is 0. The van der Waals surface area contributed by atoms with Gasteiger partial charge in [-0.2, -0.15) is 0 Å². The Labute approximate surface area is 92.8 Å². The van der Waals surface area contributed by atoms with E-state index in [1.54, 1.807) is 24.3 Å². The molecule has 0 spiro atoms. The number of hydrogen-bond donors (Lipinski definition) is 1. The summed E-state index contributed by atoms with van der Waals surface area (Å²) in [5, 5.41) is 9.54. The van der Waals surface area contributed by atoms with Crippen LogP contribution in [0, 0.1) is 0 Å². The van der Waals surface area contributed by atoms with Crippen molar-refractivity contribution in [1.82, 2.24) is 0 Å². The van der Waals surface area contributed by atoms with Gasteiger partial charge in [0.15, 0.2) is 12.0 Å². The molecular weight excluding hydrogens is 206 g/mol. The van der Waals surface area contributed by atoms with Gasteiger partial charge in [0.05, 0.1) is 0 Å². The smallest absolute Gasteiger partial charge is 0.253 e. The van der Waals surface area contributed by atoms with E-state index in [0.717, 1.165) is 0 Å². The van der Waals surface area contributed by atoms with Crippen molar-refractivity contribution in [3.63, 3.8) is 0 Å². The number of hydrogen-bond acceptors (Lipinski definition) is 3. The van der Waals surface area contributed by atoms with Gasteiger partial charge in [-0.3, -0.25) is 14.5 Å². The lowest BCUT2D eigenvalue weighted by Crippen LogP contribution is -2.33. The number of ketones is 1. The zero-order chi connectivity index (χ0) is 11.7. The number of aliphatic hydroxyl groups is 1. The third-order valence-corrected chi connectivity index (χ3v) is 2.46. The topological polar surface area (TPSA) is 57.6 Å². The van der Waals surface area contributed by atoms with Gasteiger partial charge in [0.1, 0.15) is 0 Å². The molecule has 1 amide bonds. The normalized spacial score (nSPS) is 19.2. The molecule has 16 heavy (non-hydrogen) atoms. The van der Waals surface area contributed by atoms with E-state index in [-0.39, 0.29) is 11.7 Å². The molecule has 0 radical (unpaired) electrons. The molecule has 0 saturated carbocycles. The van der Waals surface area contributed by atoms with Crippen molar-refractivity contribution in [2.45, 2.75) is 13.2 Å². The van der Waals surface area contributed by atoms with Crippen molar-refractivity contribution in [2.75, 3.05) is 4.90 Å². The SMILES string of the molecule is CC(=O)c1ccc(N2C(=O)C=CC2O)cc1.